The van der Waals surface area contributed by atoms with Crippen LogP contribution < -0.4 is 10.2 Å². The number of likely N-dealkylation sites (tertiary alicyclic amines) is 1. The zero-order valence-electron chi connectivity index (χ0n) is 16.9. The lowest BCUT2D eigenvalue weighted by molar-refractivity contribution is -0.117. The average molecular weight is 392 g/mol. The molecule has 1 N–H and O–H groups in total. The Morgan fingerprint density at radius 3 is 2.45 bits per heavy atom. The van der Waals surface area contributed by atoms with E-state index in [1.54, 1.807) is 11.0 Å². The highest BCUT2D eigenvalue weighted by atomic mass is 16.2. The van der Waals surface area contributed by atoms with E-state index in [0.717, 1.165) is 43.9 Å². The number of carbonyl (C=O) groups is 2. The molecule has 0 unspecified atom stereocenters. The van der Waals surface area contributed by atoms with Crippen molar-refractivity contribution in [2.45, 2.75) is 45.2 Å². The molecule has 0 radical (unpaired) electrons. The molecule has 2 heterocycles. The van der Waals surface area contributed by atoms with Gasteiger partial charge in [0.1, 0.15) is 0 Å². The zero-order chi connectivity index (χ0) is 20.1. The van der Waals surface area contributed by atoms with Gasteiger partial charge in [0.05, 0.1) is 0 Å². The predicted octanol–water partition coefficient (Wildman–Crippen LogP) is 3.73. The molecule has 0 atom stereocenters. The number of hydrogen-bond donors (Lipinski definition) is 1. The quantitative estimate of drug-likeness (QED) is 0.816. The van der Waals surface area contributed by atoms with Gasteiger partial charge in [-0.3, -0.25) is 14.5 Å². The summed E-state index contributed by atoms with van der Waals surface area (Å²) in [6.07, 6.45) is 5.34. The summed E-state index contributed by atoms with van der Waals surface area (Å²) < 4.78 is 0. The average Bonchev–Trinajstić information content (AvgIpc) is 3.19. The molecule has 2 fully saturated rings. The van der Waals surface area contributed by atoms with Crippen LogP contribution in [0.3, 0.4) is 0 Å². The molecule has 2 amide bonds. The molecule has 0 bridgehead atoms. The molecular weight excluding hydrogens is 362 g/mol. The first kappa shape index (κ1) is 19.6. The highest BCUT2D eigenvalue weighted by molar-refractivity contribution is 5.99. The lowest BCUT2D eigenvalue weighted by atomic mass is 10.0. The molecule has 29 heavy (non-hydrogen) atoms. The van der Waals surface area contributed by atoms with Crippen LogP contribution in [-0.4, -0.2) is 36.3 Å². The summed E-state index contributed by atoms with van der Waals surface area (Å²) in [6.45, 7) is 4.49. The molecule has 2 aromatic rings. The first-order valence-corrected chi connectivity index (χ1v) is 10.7. The largest absolute Gasteiger partial charge is 0.348 e. The van der Waals surface area contributed by atoms with Crippen molar-refractivity contribution in [3.63, 3.8) is 0 Å². The lowest BCUT2D eigenvalue weighted by Gasteiger charge is -2.27. The van der Waals surface area contributed by atoms with Gasteiger partial charge in [0, 0.05) is 37.3 Å². The van der Waals surface area contributed by atoms with Gasteiger partial charge in [-0.1, -0.05) is 36.8 Å². The van der Waals surface area contributed by atoms with Gasteiger partial charge >= 0.3 is 0 Å². The third kappa shape index (κ3) is 4.85. The molecule has 152 valence electrons. The van der Waals surface area contributed by atoms with Crippen LogP contribution in [0.25, 0.3) is 0 Å². The Morgan fingerprint density at radius 2 is 1.69 bits per heavy atom. The maximum atomic E-state index is 12.7. The normalized spacial score (nSPS) is 17.5. The van der Waals surface area contributed by atoms with Crippen molar-refractivity contribution in [2.24, 2.45) is 0 Å². The summed E-state index contributed by atoms with van der Waals surface area (Å²) in [5.74, 6) is 0.0282. The number of carbonyl (C=O) groups excluding carboxylic acids is 2. The van der Waals surface area contributed by atoms with Gasteiger partial charge in [-0.25, -0.2) is 0 Å². The SMILES string of the molecule is O=C(NCc1ccccc1CN1CCCCC1)c1cccc(N2CCCC2=O)c1. The molecule has 2 aromatic carbocycles. The van der Waals surface area contributed by atoms with Crippen molar-refractivity contribution >= 4 is 17.5 Å². The molecule has 2 aliphatic heterocycles. The van der Waals surface area contributed by atoms with Gasteiger partial charge in [0.2, 0.25) is 5.91 Å². The summed E-state index contributed by atoms with van der Waals surface area (Å²) in [7, 11) is 0. The van der Waals surface area contributed by atoms with Crippen molar-refractivity contribution in [2.75, 3.05) is 24.5 Å². The Labute approximate surface area is 172 Å². The third-order valence-electron chi connectivity index (χ3n) is 5.89. The molecule has 0 spiro atoms. The monoisotopic (exact) mass is 391 g/mol. The van der Waals surface area contributed by atoms with E-state index in [-0.39, 0.29) is 11.8 Å². The smallest absolute Gasteiger partial charge is 0.251 e. The number of piperidine rings is 1. The third-order valence-corrected chi connectivity index (χ3v) is 5.89. The van der Waals surface area contributed by atoms with Crippen LogP contribution in [0.15, 0.2) is 48.5 Å². The van der Waals surface area contributed by atoms with Gasteiger partial charge in [-0.2, -0.15) is 0 Å². The van der Waals surface area contributed by atoms with Crippen LogP contribution in [0.5, 0.6) is 0 Å². The van der Waals surface area contributed by atoms with E-state index < -0.39 is 0 Å². The topological polar surface area (TPSA) is 52.7 Å². The fourth-order valence-corrected chi connectivity index (χ4v) is 4.26. The maximum absolute atomic E-state index is 12.7. The Morgan fingerprint density at radius 1 is 0.897 bits per heavy atom. The molecule has 5 heteroatoms. The van der Waals surface area contributed by atoms with Crippen LogP contribution in [0.2, 0.25) is 0 Å². The van der Waals surface area contributed by atoms with Crippen molar-refractivity contribution in [1.29, 1.82) is 0 Å². The second kappa shape index (κ2) is 9.23. The lowest BCUT2D eigenvalue weighted by Crippen LogP contribution is -2.30. The van der Waals surface area contributed by atoms with E-state index in [9.17, 15) is 9.59 Å². The molecule has 0 aliphatic carbocycles. The van der Waals surface area contributed by atoms with E-state index in [2.05, 4.69) is 28.4 Å². The second-order valence-electron chi connectivity index (χ2n) is 7.99. The Hall–Kier alpha value is -2.66. The minimum atomic E-state index is -0.105. The standard InChI is InChI=1S/C24H29N3O2/c28-23-12-7-15-27(23)22-11-6-10-19(16-22)24(29)25-17-20-8-2-3-9-21(20)18-26-13-4-1-5-14-26/h2-3,6,8-11,16H,1,4-5,7,12-15,17-18H2,(H,25,29). The van der Waals surface area contributed by atoms with Crippen molar-refractivity contribution in [1.82, 2.24) is 10.2 Å². The molecule has 0 saturated carbocycles. The van der Waals surface area contributed by atoms with Crippen LogP contribution in [0.4, 0.5) is 5.69 Å². The number of amides is 2. The van der Waals surface area contributed by atoms with Crippen LogP contribution in [0.1, 0.15) is 53.6 Å². The Balaban J connectivity index is 1.40. The first-order valence-electron chi connectivity index (χ1n) is 10.7. The minimum Gasteiger partial charge on any atom is -0.348 e. The number of anilines is 1. The van der Waals surface area contributed by atoms with Crippen LogP contribution in [-0.2, 0) is 17.9 Å². The summed E-state index contributed by atoms with van der Waals surface area (Å²) in [4.78, 5) is 29.0. The molecule has 5 nitrogen and oxygen atoms in total. The highest BCUT2D eigenvalue weighted by Crippen LogP contribution is 2.22. The van der Waals surface area contributed by atoms with E-state index in [0.29, 0.717) is 18.5 Å². The van der Waals surface area contributed by atoms with E-state index in [1.165, 1.54) is 24.8 Å². The van der Waals surface area contributed by atoms with Crippen LogP contribution >= 0.6 is 0 Å². The van der Waals surface area contributed by atoms with Crippen LogP contribution in [0, 0.1) is 0 Å². The van der Waals surface area contributed by atoms with Crippen molar-refractivity contribution in [3.05, 3.63) is 65.2 Å². The predicted molar refractivity (Wildman–Crippen MR) is 115 cm³/mol. The summed E-state index contributed by atoms with van der Waals surface area (Å²) in [5, 5.41) is 3.06. The number of benzene rings is 2. The van der Waals surface area contributed by atoms with Gasteiger partial charge in [-0.15, -0.1) is 0 Å². The highest BCUT2D eigenvalue weighted by Gasteiger charge is 2.22. The number of hydrogen-bond acceptors (Lipinski definition) is 3. The summed E-state index contributed by atoms with van der Waals surface area (Å²) >= 11 is 0. The molecule has 0 aromatic heterocycles. The summed E-state index contributed by atoms with van der Waals surface area (Å²) in [6, 6.07) is 15.7. The van der Waals surface area contributed by atoms with E-state index in [1.807, 2.05) is 24.3 Å². The molecule has 2 aliphatic rings. The van der Waals surface area contributed by atoms with Gasteiger partial charge < -0.3 is 10.2 Å². The molecule has 2 saturated heterocycles. The minimum absolute atomic E-state index is 0.105. The fraction of sp³-hybridized carbons (Fsp3) is 0.417. The maximum Gasteiger partial charge on any atom is 0.251 e. The summed E-state index contributed by atoms with van der Waals surface area (Å²) in [5.41, 5.74) is 3.85. The van der Waals surface area contributed by atoms with Gasteiger partial charge in [0.25, 0.3) is 5.91 Å². The Kier molecular flexibility index (Phi) is 6.25. The molecule has 4 rings (SSSR count). The van der Waals surface area contributed by atoms with Crippen molar-refractivity contribution < 1.29 is 9.59 Å². The van der Waals surface area contributed by atoms with E-state index in [4.69, 9.17) is 0 Å². The van der Waals surface area contributed by atoms with Crippen molar-refractivity contribution in [3.8, 4) is 0 Å². The second-order valence-corrected chi connectivity index (χ2v) is 7.99. The first-order chi connectivity index (χ1) is 14.2. The number of rotatable bonds is 6. The number of nitrogens with zero attached hydrogens (tertiary/aromatic N) is 2. The number of nitrogens with one attached hydrogen (secondary N) is 1. The van der Waals surface area contributed by atoms with E-state index >= 15 is 0 Å². The van der Waals surface area contributed by atoms with Gasteiger partial charge in [-0.05, 0) is 61.7 Å². The fourth-order valence-electron chi connectivity index (χ4n) is 4.26. The Bertz CT molecular complexity index is 874. The molecular formula is C24H29N3O2. The zero-order valence-corrected chi connectivity index (χ0v) is 16.9. The van der Waals surface area contributed by atoms with Gasteiger partial charge in [0.15, 0.2) is 0 Å².